The average Bonchev–Trinajstić information content (AvgIpc) is 2.35. The molecular weight excluding hydrogens is 302 g/mol. The summed E-state index contributed by atoms with van der Waals surface area (Å²) < 4.78 is 5.98. The molecule has 2 aromatic rings. The summed E-state index contributed by atoms with van der Waals surface area (Å²) in [4.78, 5) is 8.53. The third-order valence-corrected chi connectivity index (χ3v) is 3.93. The number of ether oxygens (including phenoxy) is 1. The molecule has 0 aliphatic heterocycles. The molecule has 0 bridgehead atoms. The van der Waals surface area contributed by atoms with Gasteiger partial charge in [-0.15, -0.1) is 0 Å². The molecule has 0 aliphatic carbocycles. The van der Waals surface area contributed by atoms with E-state index < -0.39 is 0 Å². The molecule has 88 valence electrons. The molecule has 17 heavy (non-hydrogen) atoms. The second kappa shape index (κ2) is 5.37. The fourth-order valence-corrected chi connectivity index (χ4v) is 2.45. The van der Waals surface area contributed by atoms with Crippen LogP contribution in [0.15, 0.2) is 45.0 Å². The molecule has 2 N–H and O–H groups in total. The van der Waals surface area contributed by atoms with Gasteiger partial charge in [-0.3, -0.25) is 0 Å². The van der Waals surface area contributed by atoms with Gasteiger partial charge >= 0.3 is 0 Å². The van der Waals surface area contributed by atoms with Crippen LogP contribution in [0.4, 0.5) is 5.69 Å². The third kappa shape index (κ3) is 2.89. The summed E-state index contributed by atoms with van der Waals surface area (Å²) in [6.07, 6.45) is 1.73. The zero-order valence-corrected chi connectivity index (χ0v) is 11.5. The summed E-state index contributed by atoms with van der Waals surface area (Å²) in [5.74, 6) is 0.536. The monoisotopic (exact) mass is 311 g/mol. The average molecular weight is 312 g/mol. The Morgan fingerprint density at radius 2 is 2.12 bits per heavy atom. The summed E-state index contributed by atoms with van der Waals surface area (Å²) in [5, 5.41) is 1.50. The van der Waals surface area contributed by atoms with E-state index in [0.29, 0.717) is 16.6 Å². The fourth-order valence-electron chi connectivity index (χ4n) is 1.17. The minimum absolute atomic E-state index is 0.536. The number of anilines is 1. The van der Waals surface area contributed by atoms with Crippen LogP contribution in [0.3, 0.4) is 0 Å². The SMILES string of the molecule is COc1ccc(N)c(Sc2ncccc2Br)n1. The van der Waals surface area contributed by atoms with Crippen molar-refractivity contribution in [2.75, 3.05) is 12.8 Å². The normalized spacial score (nSPS) is 10.2. The second-order valence-corrected chi connectivity index (χ2v) is 4.97. The molecule has 4 nitrogen and oxygen atoms in total. The Bertz CT molecular complexity index is 536. The van der Waals surface area contributed by atoms with Gasteiger partial charge in [0.05, 0.1) is 17.3 Å². The topological polar surface area (TPSA) is 61.0 Å². The molecule has 0 amide bonds. The molecule has 0 spiro atoms. The number of halogens is 1. The summed E-state index contributed by atoms with van der Waals surface area (Å²) >= 11 is 4.83. The molecule has 2 rings (SSSR count). The lowest BCUT2D eigenvalue weighted by molar-refractivity contribution is 0.395. The van der Waals surface area contributed by atoms with Gasteiger partial charge in [0.1, 0.15) is 10.1 Å². The van der Waals surface area contributed by atoms with Gasteiger partial charge in [-0.25, -0.2) is 9.97 Å². The number of nitrogens with zero attached hydrogens (tertiary/aromatic N) is 2. The van der Waals surface area contributed by atoms with Crippen molar-refractivity contribution in [1.29, 1.82) is 0 Å². The fraction of sp³-hybridized carbons (Fsp3) is 0.0909. The van der Waals surface area contributed by atoms with Crippen molar-refractivity contribution in [3.63, 3.8) is 0 Å². The Balaban J connectivity index is 2.32. The first kappa shape index (κ1) is 12.2. The minimum Gasteiger partial charge on any atom is -0.481 e. The lowest BCUT2D eigenvalue weighted by atomic mass is 10.4. The lowest BCUT2D eigenvalue weighted by Crippen LogP contribution is -1.95. The van der Waals surface area contributed by atoms with E-state index in [1.165, 1.54) is 11.8 Å². The quantitative estimate of drug-likeness (QED) is 0.944. The highest BCUT2D eigenvalue weighted by Gasteiger charge is 2.09. The van der Waals surface area contributed by atoms with Gasteiger partial charge in [-0.2, -0.15) is 0 Å². The lowest BCUT2D eigenvalue weighted by Gasteiger charge is -2.06. The number of nitrogen functional groups attached to an aromatic ring is 1. The van der Waals surface area contributed by atoms with Crippen molar-refractivity contribution in [2.24, 2.45) is 0 Å². The first-order valence-electron chi connectivity index (χ1n) is 4.79. The van der Waals surface area contributed by atoms with Gasteiger partial charge in [0.25, 0.3) is 0 Å². The second-order valence-electron chi connectivity index (χ2n) is 3.14. The smallest absolute Gasteiger partial charge is 0.214 e. The van der Waals surface area contributed by atoms with Crippen LogP contribution in [0.2, 0.25) is 0 Å². The van der Waals surface area contributed by atoms with E-state index in [0.717, 1.165) is 9.50 Å². The highest BCUT2D eigenvalue weighted by Crippen LogP contribution is 2.34. The van der Waals surface area contributed by atoms with Crippen LogP contribution in [0.1, 0.15) is 0 Å². The molecular formula is C11H10BrN3OS. The molecule has 6 heteroatoms. The number of rotatable bonds is 3. The zero-order chi connectivity index (χ0) is 12.3. The van der Waals surface area contributed by atoms with Crippen molar-refractivity contribution in [1.82, 2.24) is 9.97 Å². The van der Waals surface area contributed by atoms with E-state index >= 15 is 0 Å². The van der Waals surface area contributed by atoms with Crippen molar-refractivity contribution in [3.8, 4) is 5.88 Å². The molecule has 2 aromatic heterocycles. The number of methoxy groups -OCH3 is 1. The molecule has 0 fully saturated rings. The van der Waals surface area contributed by atoms with Gasteiger partial charge in [0.2, 0.25) is 5.88 Å². The largest absolute Gasteiger partial charge is 0.481 e. The maximum atomic E-state index is 5.86. The van der Waals surface area contributed by atoms with E-state index in [9.17, 15) is 0 Å². The van der Waals surface area contributed by atoms with Crippen LogP contribution >= 0.6 is 27.7 Å². The molecule has 0 saturated carbocycles. The van der Waals surface area contributed by atoms with E-state index in [1.54, 1.807) is 25.4 Å². The van der Waals surface area contributed by atoms with Crippen LogP contribution < -0.4 is 10.5 Å². The molecule has 0 atom stereocenters. The maximum Gasteiger partial charge on any atom is 0.214 e. The number of aromatic nitrogens is 2. The van der Waals surface area contributed by atoms with Gasteiger partial charge in [0.15, 0.2) is 0 Å². The first-order valence-corrected chi connectivity index (χ1v) is 6.40. The third-order valence-electron chi connectivity index (χ3n) is 1.99. The van der Waals surface area contributed by atoms with Gasteiger partial charge in [-0.05, 0) is 45.9 Å². The van der Waals surface area contributed by atoms with Crippen LogP contribution in [0.5, 0.6) is 5.88 Å². The van der Waals surface area contributed by atoms with Crippen LogP contribution in [-0.2, 0) is 0 Å². The van der Waals surface area contributed by atoms with Crippen molar-refractivity contribution in [3.05, 3.63) is 34.9 Å². The Hall–Kier alpha value is -1.27. The Labute approximate surface area is 112 Å². The van der Waals surface area contributed by atoms with E-state index in [1.807, 2.05) is 12.1 Å². The predicted molar refractivity (Wildman–Crippen MR) is 71.3 cm³/mol. The van der Waals surface area contributed by atoms with E-state index in [-0.39, 0.29) is 0 Å². The summed E-state index contributed by atoms with van der Waals surface area (Å²) in [5.41, 5.74) is 6.47. The van der Waals surface area contributed by atoms with Crippen molar-refractivity contribution < 1.29 is 4.74 Å². The first-order chi connectivity index (χ1) is 8.20. The summed E-state index contributed by atoms with van der Waals surface area (Å²) in [6, 6.07) is 7.28. The van der Waals surface area contributed by atoms with Gasteiger partial charge in [-0.1, -0.05) is 0 Å². The van der Waals surface area contributed by atoms with E-state index in [4.69, 9.17) is 10.5 Å². The standard InChI is InChI=1S/C11H10BrN3OS/c1-16-9-5-4-8(13)11(15-9)17-10-7(12)3-2-6-14-10/h2-6H,13H2,1H3. The molecule has 2 heterocycles. The van der Waals surface area contributed by atoms with Crippen LogP contribution in [0, 0.1) is 0 Å². The Morgan fingerprint density at radius 1 is 1.29 bits per heavy atom. The molecule has 0 unspecified atom stereocenters. The molecule has 0 saturated heterocycles. The highest BCUT2D eigenvalue weighted by atomic mass is 79.9. The Kier molecular flexibility index (Phi) is 3.86. The molecule has 0 aliphatic rings. The van der Waals surface area contributed by atoms with Gasteiger partial charge < -0.3 is 10.5 Å². The highest BCUT2D eigenvalue weighted by molar-refractivity contribution is 9.10. The Morgan fingerprint density at radius 3 is 2.82 bits per heavy atom. The van der Waals surface area contributed by atoms with Gasteiger partial charge in [0, 0.05) is 12.3 Å². The number of pyridine rings is 2. The van der Waals surface area contributed by atoms with Crippen molar-refractivity contribution in [2.45, 2.75) is 10.1 Å². The molecule has 0 radical (unpaired) electrons. The minimum atomic E-state index is 0.536. The number of hydrogen-bond acceptors (Lipinski definition) is 5. The zero-order valence-electron chi connectivity index (χ0n) is 9.05. The predicted octanol–water partition coefficient (Wildman–Crippen LogP) is 2.98. The summed E-state index contributed by atoms with van der Waals surface area (Å²) in [6.45, 7) is 0. The van der Waals surface area contributed by atoms with Crippen LogP contribution in [0.25, 0.3) is 0 Å². The number of hydrogen-bond donors (Lipinski definition) is 1. The summed E-state index contributed by atoms with van der Waals surface area (Å²) in [7, 11) is 1.57. The number of nitrogens with two attached hydrogens (primary N) is 1. The van der Waals surface area contributed by atoms with E-state index in [2.05, 4.69) is 25.9 Å². The van der Waals surface area contributed by atoms with Crippen LogP contribution in [-0.4, -0.2) is 17.1 Å². The molecule has 0 aromatic carbocycles. The van der Waals surface area contributed by atoms with Crippen molar-refractivity contribution >= 4 is 33.4 Å². The maximum absolute atomic E-state index is 5.86.